The molecule has 0 N–H and O–H groups in total. The standard InChI is InChI=1S/C19H22N4OS4/c1-25-19-22-21-14(28-19)10-26-18-20-16-15(12-8-4-5-9-13(12)27-16)17(24)23(18)11-6-2-3-7-11/h11H,2-10H2,1H3. The van der Waals surface area contributed by atoms with Crippen molar-refractivity contribution in [3.8, 4) is 0 Å². The van der Waals surface area contributed by atoms with Gasteiger partial charge in [-0.05, 0) is 50.3 Å². The molecule has 28 heavy (non-hydrogen) atoms. The Kier molecular flexibility index (Phi) is 5.51. The van der Waals surface area contributed by atoms with E-state index in [-0.39, 0.29) is 5.56 Å². The highest BCUT2D eigenvalue weighted by Crippen LogP contribution is 2.38. The molecule has 0 bridgehead atoms. The maximum absolute atomic E-state index is 13.6. The monoisotopic (exact) mass is 450 g/mol. The molecule has 5 rings (SSSR count). The van der Waals surface area contributed by atoms with Crippen molar-refractivity contribution in [2.24, 2.45) is 0 Å². The molecular formula is C19H22N4OS4. The van der Waals surface area contributed by atoms with Crippen molar-refractivity contribution in [1.29, 1.82) is 0 Å². The highest BCUT2D eigenvalue weighted by atomic mass is 32.2. The zero-order valence-electron chi connectivity index (χ0n) is 15.8. The summed E-state index contributed by atoms with van der Waals surface area (Å²) < 4.78 is 3.01. The summed E-state index contributed by atoms with van der Waals surface area (Å²) in [5, 5.41) is 11.2. The lowest BCUT2D eigenvalue weighted by molar-refractivity contribution is 0.457. The lowest BCUT2D eigenvalue weighted by Crippen LogP contribution is -2.26. The van der Waals surface area contributed by atoms with E-state index < -0.39 is 0 Å². The van der Waals surface area contributed by atoms with Crippen LogP contribution in [0.1, 0.15) is 60.0 Å². The predicted octanol–water partition coefficient (Wildman–Crippen LogP) is 5.32. The fraction of sp³-hybridized carbons (Fsp3) is 0.579. The van der Waals surface area contributed by atoms with Crippen LogP contribution in [0.5, 0.6) is 0 Å². The Bertz CT molecular complexity index is 1060. The van der Waals surface area contributed by atoms with Crippen LogP contribution >= 0.6 is 46.2 Å². The summed E-state index contributed by atoms with van der Waals surface area (Å²) >= 11 is 6.63. The lowest BCUT2D eigenvalue weighted by atomic mass is 9.97. The van der Waals surface area contributed by atoms with E-state index in [0.29, 0.717) is 11.8 Å². The minimum atomic E-state index is 0.195. The minimum Gasteiger partial charge on any atom is -0.284 e. The number of hydrogen-bond acceptors (Lipinski definition) is 8. The van der Waals surface area contributed by atoms with E-state index in [4.69, 9.17) is 4.98 Å². The molecule has 0 unspecified atom stereocenters. The van der Waals surface area contributed by atoms with Gasteiger partial charge in [-0.25, -0.2) is 4.98 Å². The molecule has 0 amide bonds. The van der Waals surface area contributed by atoms with Gasteiger partial charge in [-0.15, -0.1) is 21.5 Å². The largest absolute Gasteiger partial charge is 0.284 e. The summed E-state index contributed by atoms with van der Waals surface area (Å²) in [5.41, 5.74) is 1.49. The van der Waals surface area contributed by atoms with Crippen LogP contribution in [-0.2, 0) is 18.6 Å². The molecule has 3 aromatic rings. The first-order valence-corrected chi connectivity index (χ1v) is 13.6. The van der Waals surface area contributed by atoms with Crippen LogP contribution in [0.4, 0.5) is 0 Å². The van der Waals surface area contributed by atoms with Crippen molar-refractivity contribution in [1.82, 2.24) is 19.7 Å². The zero-order valence-corrected chi connectivity index (χ0v) is 19.0. The highest BCUT2D eigenvalue weighted by Gasteiger charge is 2.27. The van der Waals surface area contributed by atoms with Gasteiger partial charge < -0.3 is 0 Å². The van der Waals surface area contributed by atoms with E-state index >= 15 is 0 Å². The van der Waals surface area contributed by atoms with Crippen molar-refractivity contribution in [2.75, 3.05) is 6.26 Å². The molecular weight excluding hydrogens is 429 g/mol. The number of nitrogens with zero attached hydrogens (tertiary/aromatic N) is 4. The summed E-state index contributed by atoms with van der Waals surface area (Å²) in [6.07, 6.45) is 11.1. The average molecular weight is 451 g/mol. The molecule has 9 heteroatoms. The predicted molar refractivity (Wildman–Crippen MR) is 119 cm³/mol. The third-order valence-corrected chi connectivity index (χ3v) is 9.86. The zero-order chi connectivity index (χ0) is 19.1. The topological polar surface area (TPSA) is 60.7 Å². The molecule has 3 heterocycles. The van der Waals surface area contributed by atoms with E-state index in [0.717, 1.165) is 50.4 Å². The molecule has 0 saturated heterocycles. The van der Waals surface area contributed by atoms with Gasteiger partial charge in [-0.3, -0.25) is 9.36 Å². The van der Waals surface area contributed by atoms with Crippen LogP contribution in [0.25, 0.3) is 10.2 Å². The number of thioether (sulfide) groups is 2. The first kappa shape index (κ1) is 19.1. The van der Waals surface area contributed by atoms with Gasteiger partial charge in [0.25, 0.3) is 5.56 Å². The Balaban J connectivity index is 1.57. The molecule has 2 aliphatic rings. The number of fused-ring (bicyclic) bond motifs is 3. The molecule has 5 nitrogen and oxygen atoms in total. The fourth-order valence-corrected chi connectivity index (χ4v) is 7.96. The van der Waals surface area contributed by atoms with Gasteiger partial charge in [0.2, 0.25) is 0 Å². The molecule has 1 fully saturated rings. The van der Waals surface area contributed by atoms with Gasteiger partial charge in [-0.1, -0.05) is 47.7 Å². The number of aromatic nitrogens is 4. The Morgan fingerprint density at radius 2 is 1.93 bits per heavy atom. The Morgan fingerprint density at radius 3 is 2.71 bits per heavy atom. The number of hydrogen-bond donors (Lipinski definition) is 0. The van der Waals surface area contributed by atoms with Crippen LogP contribution in [-0.4, -0.2) is 26.0 Å². The second-order valence-electron chi connectivity index (χ2n) is 7.35. The number of aryl methyl sites for hydroxylation is 2. The summed E-state index contributed by atoms with van der Waals surface area (Å²) in [5.74, 6) is 0.716. The van der Waals surface area contributed by atoms with Crippen LogP contribution in [0.15, 0.2) is 14.3 Å². The van der Waals surface area contributed by atoms with Gasteiger partial charge in [0.1, 0.15) is 9.84 Å². The average Bonchev–Trinajstić information content (AvgIpc) is 3.45. The summed E-state index contributed by atoms with van der Waals surface area (Å²) in [6, 6.07) is 0.294. The van der Waals surface area contributed by atoms with Crippen molar-refractivity contribution in [2.45, 2.75) is 72.7 Å². The van der Waals surface area contributed by atoms with E-state index in [1.54, 1.807) is 46.2 Å². The molecule has 1 saturated carbocycles. The molecule has 148 valence electrons. The van der Waals surface area contributed by atoms with Crippen molar-refractivity contribution < 1.29 is 0 Å². The van der Waals surface area contributed by atoms with Gasteiger partial charge in [0.05, 0.1) is 11.1 Å². The summed E-state index contributed by atoms with van der Waals surface area (Å²) in [4.78, 5) is 21.0. The second-order valence-corrected chi connectivity index (χ2v) is 11.5. The fourth-order valence-electron chi connectivity index (χ4n) is 4.29. The lowest BCUT2D eigenvalue weighted by Gasteiger charge is -2.18. The summed E-state index contributed by atoms with van der Waals surface area (Å²) in [6.45, 7) is 0. The van der Waals surface area contributed by atoms with E-state index in [2.05, 4.69) is 10.2 Å². The molecule has 0 aliphatic heterocycles. The maximum Gasteiger partial charge on any atom is 0.263 e. The van der Waals surface area contributed by atoms with E-state index in [1.165, 1.54) is 36.1 Å². The Hall–Kier alpha value is -0.900. The minimum absolute atomic E-state index is 0.195. The first-order valence-electron chi connectivity index (χ1n) is 9.80. The SMILES string of the molecule is CSc1nnc(CSc2nc3sc4c(c3c(=O)n2C2CCCC2)CCCC4)s1. The normalized spacial score (nSPS) is 17.5. The molecule has 3 aromatic heterocycles. The Labute approximate surface area is 180 Å². The third kappa shape index (κ3) is 3.44. The molecule has 0 spiro atoms. The smallest absolute Gasteiger partial charge is 0.263 e. The quantitative estimate of drug-likeness (QED) is 0.387. The number of rotatable bonds is 5. The maximum atomic E-state index is 13.6. The molecule has 0 radical (unpaired) electrons. The third-order valence-electron chi connectivity index (χ3n) is 5.63. The van der Waals surface area contributed by atoms with E-state index in [9.17, 15) is 4.79 Å². The molecule has 0 atom stereocenters. The van der Waals surface area contributed by atoms with Crippen molar-refractivity contribution in [3.05, 3.63) is 25.8 Å². The Morgan fingerprint density at radius 1 is 1.11 bits per heavy atom. The van der Waals surface area contributed by atoms with Gasteiger partial charge >= 0.3 is 0 Å². The van der Waals surface area contributed by atoms with Crippen LogP contribution in [0.2, 0.25) is 0 Å². The van der Waals surface area contributed by atoms with E-state index in [1.807, 2.05) is 10.8 Å². The van der Waals surface area contributed by atoms with Gasteiger partial charge in [0, 0.05) is 10.9 Å². The van der Waals surface area contributed by atoms with Crippen LogP contribution in [0.3, 0.4) is 0 Å². The second kappa shape index (κ2) is 8.08. The molecule has 0 aromatic carbocycles. The highest BCUT2D eigenvalue weighted by molar-refractivity contribution is 8.00. The molecule has 2 aliphatic carbocycles. The summed E-state index contributed by atoms with van der Waals surface area (Å²) in [7, 11) is 0. The van der Waals surface area contributed by atoms with Crippen LogP contribution in [0, 0.1) is 0 Å². The van der Waals surface area contributed by atoms with Crippen molar-refractivity contribution in [3.63, 3.8) is 0 Å². The first-order chi connectivity index (χ1) is 13.7. The van der Waals surface area contributed by atoms with Crippen LogP contribution < -0.4 is 5.56 Å². The van der Waals surface area contributed by atoms with Crippen molar-refractivity contribution >= 4 is 56.4 Å². The number of thiophene rings is 1. The van der Waals surface area contributed by atoms with Gasteiger partial charge in [-0.2, -0.15) is 0 Å². The van der Waals surface area contributed by atoms with Gasteiger partial charge in [0.15, 0.2) is 9.50 Å².